The van der Waals surface area contributed by atoms with Crippen molar-refractivity contribution in [3.63, 3.8) is 0 Å². The SMILES string of the molecule is CCN(CC)CCCn1c(-c2ccc(OCCC3=CC=C(Cl)CC3C)cc2)nc2ccc(OCCN(CC)CC)cc21. The van der Waals surface area contributed by atoms with E-state index in [2.05, 4.69) is 91.5 Å². The number of likely N-dealkylation sites (N-methyl/N-ethyl adjacent to an activating group) is 1. The van der Waals surface area contributed by atoms with Crippen molar-refractivity contribution >= 4 is 22.6 Å². The maximum Gasteiger partial charge on any atom is 0.141 e. The summed E-state index contributed by atoms with van der Waals surface area (Å²) < 4.78 is 14.7. The number of benzene rings is 2. The average molecular weight is 593 g/mol. The normalized spacial score (nSPS) is 15.4. The van der Waals surface area contributed by atoms with Crippen LogP contribution >= 0.6 is 11.6 Å². The van der Waals surface area contributed by atoms with E-state index in [1.807, 2.05) is 12.1 Å². The van der Waals surface area contributed by atoms with E-state index in [4.69, 9.17) is 26.1 Å². The van der Waals surface area contributed by atoms with E-state index in [9.17, 15) is 0 Å². The Bertz CT molecular complexity index is 1320. The molecule has 4 rings (SSSR count). The second-order valence-corrected chi connectivity index (χ2v) is 11.6. The van der Waals surface area contributed by atoms with E-state index in [1.54, 1.807) is 0 Å². The van der Waals surface area contributed by atoms with E-state index in [0.29, 0.717) is 19.1 Å². The lowest BCUT2D eigenvalue weighted by molar-refractivity contribution is 0.223. The maximum atomic E-state index is 6.18. The van der Waals surface area contributed by atoms with Crippen LogP contribution in [-0.2, 0) is 6.54 Å². The van der Waals surface area contributed by atoms with Gasteiger partial charge in [0.1, 0.15) is 23.9 Å². The van der Waals surface area contributed by atoms with Crippen LogP contribution in [0.4, 0.5) is 0 Å². The van der Waals surface area contributed by atoms with Gasteiger partial charge < -0.3 is 23.8 Å². The van der Waals surface area contributed by atoms with Gasteiger partial charge in [0, 0.05) is 36.2 Å². The van der Waals surface area contributed by atoms with Crippen LogP contribution in [0.1, 0.15) is 53.9 Å². The lowest BCUT2D eigenvalue weighted by atomic mass is 9.91. The third-order valence-electron chi connectivity index (χ3n) is 8.43. The van der Waals surface area contributed by atoms with Crippen molar-refractivity contribution in [1.82, 2.24) is 19.4 Å². The fourth-order valence-corrected chi connectivity index (χ4v) is 5.93. The topological polar surface area (TPSA) is 42.8 Å². The fourth-order valence-electron chi connectivity index (χ4n) is 5.63. The highest BCUT2D eigenvalue weighted by Gasteiger charge is 2.16. The number of aromatic nitrogens is 2. The summed E-state index contributed by atoms with van der Waals surface area (Å²) in [5.41, 5.74) is 4.60. The van der Waals surface area contributed by atoms with E-state index < -0.39 is 0 Å². The zero-order chi connectivity index (χ0) is 29.9. The Hall–Kier alpha value is -2.80. The standard InChI is InChI=1S/C35H49ClN4O2/c1-6-38(7-2)20-10-21-40-34-26-32(42-24-22-39(8-3)9-4)17-18-33(34)37-35(40)29-12-15-31(16-13-29)41-23-19-28-11-14-30(36)25-27(28)5/h11-18,26-27H,6-10,19-25H2,1-5H3. The highest BCUT2D eigenvalue weighted by Crippen LogP contribution is 2.31. The number of allylic oxidation sites excluding steroid dienone is 3. The highest BCUT2D eigenvalue weighted by molar-refractivity contribution is 6.29. The molecule has 1 aliphatic rings. The molecule has 0 saturated heterocycles. The molecule has 0 amide bonds. The summed E-state index contributed by atoms with van der Waals surface area (Å²) >= 11 is 6.18. The maximum absolute atomic E-state index is 6.18. The summed E-state index contributed by atoms with van der Waals surface area (Å²) in [5.74, 6) is 3.23. The number of hydrogen-bond donors (Lipinski definition) is 0. The van der Waals surface area contributed by atoms with Crippen molar-refractivity contribution in [1.29, 1.82) is 0 Å². The van der Waals surface area contributed by atoms with Crippen LogP contribution in [-0.4, -0.2) is 71.8 Å². The van der Waals surface area contributed by atoms with Crippen LogP contribution in [0.5, 0.6) is 11.5 Å². The van der Waals surface area contributed by atoms with Gasteiger partial charge in [-0.3, -0.25) is 0 Å². The summed E-state index contributed by atoms with van der Waals surface area (Å²) in [7, 11) is 0. The summed E-state index contributed by atoms with van der Waals surface area (Å²) in [5, 5.41) is 0.931. The molecule has 1 aromatic heterocycles. The minimum atomic E-state index is 0.469. The molecular formula is C35H49ClN4O2. The van der Waals surface area contributed by atoms with Crippen molar-refractivity contribution in [2.45, 2.75) is 60.4 Å². The number of imidazole rings is 1. The second kappa shape index (κ2) is 16.2. The first-order chi connectivity index (χ1) is 20.4. The summed E-state index contributed by atoms with van der Waals surface area (Å²) in [6.07, 6.45) is 7.05. The lowest BCUT2D eigenvalue weighted by Gasteiger charge is -2.19. The molecule has 0 aliphatic heterocycles. The number of fused-ring (bicyclic) bond motifs is 1. The number of aryl methyl sites for hydroxylation is 1. The monoisotopic (exact) mass is 592 g/mol. The van der Waals surface area contributed by atoms with Crippen LogP contribution in [0.2, 0.25) is 0 Å². The molecular weight excluding hydrogens is 544 g/mol. The minimum Gasteiger partial charge on any atom is -0.493 e. The molecule has 0 fully saturated rings. The van der Waals surface area contributed by atoms with Gasteiger partial charge in [-0.2, -0.15) is 0 Å². The van der Waals surface area contributed by atoms with Gasteiger partial charge >= 0.3 is 0 Å². The number of hydrogen-bond acceptors (Lipinski definition) is 5. The van der Waals surface area contributed by atoms with Crippen molar-refractivity contribution < 1.29 is 9.47 Å². The Balaban J connectivity index is 1.49. The molecule has 0 saturated carbocycles. The Morgan fingerprint density at radius 3 is 2.21 bits per heavy atom. The molecule has 3 aromatic rings. The molecule has 6 nitrogen and oxygen atoms in total. The highest BCUT2D eigenvalue weighted by atomic mass is 35.5. The van der Waals surface area contributed by atoms with Gasteiger partial charge in [0.05, 0.1) is 17.6 Å². The molecule has 0 spiro atoms. The van der Waals surface area contributed by atoms with Gasteiger partial charge in [-0.25, -0.2) is 4.98 Å². The first-order valence-corrected chi connectivity index (χ1v) is 16.2. The third kappa shape index (κ3) is 8.62. The van der Waals surface area contributed by atoms with Gasteiger partial charge in [-0.1, -0.05) is 57.9 Å². The quantitative estimate of drug-likeness (QED) is 0.159. The number of nitrogens with zero attached hydrogens (tertiary/aromatic N) is 4. The number of ether oxygens (including phenoxy) is 2. The smallest absolute Gasteiger partial charge is 0.141 e. The lowest BCUT2D eigenvalue weighted by Crippen LogP contribution is -2.27. The fraction of sp³-hybridized carbons (Fsp3) is 0.514. The predicted molar refractivity (Wildman–Crippen MR) is 177 cm³/mol. The van der Waals surface area contributed by atoms with Crippen molar-refractivity contribution in [2.75, 3.05) is 52.5 Å². The molecule has 2 aromatic carbocycles. The Morgan fingerprint density at radius 2 is 1.52 bits per heavy atom. The molecule has 1 aliphatic carbocycles. The van der Waals surface area contributed by atoms with E-state index in [-0.39, 0.29) is 0 Å². The number of halogens is 1. The first-order valence-electron chi connectivity index (χ1n) is 15.8. The van der Waals surface area contributed by atoms with Crippen LogP contribution in [0, 0.1) is 5.92 Å². The van der Waals surface area contributed by atoms with E-state index in [1.165, 1.54) is 5.57 Å². The van der Waals surface area contributed by atoms with Crippen molar-refractivity contribution in [2.24, 2.45) is 5.92 Å². The van der Waals surface area contributed by atoms with Gasteiger partial charge in [0.15, 0.2) is 0 Å². The third-order valence-corrected chi connectivity index (χ3v) is 8.71. The first kappa shape index (κ1) is 32.1. The number of rotatable bonds is 17. The average Bonchev–Trinajstić information content (AvgIpc) is 3.36. The van der Waals surface area contributed by atoms with Gasteiger partial charge in [0.25, 0.3) is 0 Å². The van der Waals surface area contributed by atoms with Crippen LogP contribution in [0.25, 0.3) is 22.4 Å². The summed E-state index contributed by atoms with van der Waals surface area (Å²) in [4.78, 5) is 9.94. The van der Waals surface area contributed by atoms with Crippen LogP contribution < -0.4 is 9.47 Å². The zero-order valence-corrected chi connectivity index (χ0v) is 27.0. The van der Waals surface area contributed by atoms with Crippen LogP contribution in [0.15, 0.2) is 65.2 Å². The minimum absolute atomic E-state index is 0.469. The summed E-state index contributed by atoms with van der Waals surface area (Å²) in [6, 6.07) is 14.7. The van der Waals surface area contributed by atoms with E-state index in [0.717, 1.165) is 104 Å². The van der Waals surface area contributed by atoms with Gasteiger partial charge in [-0.05, 0) is 94.0 Å². The molecule has 1 atom stereocenters. The van der Waals surface area contributed by atoms with Gasteiger partial charge in [0.2, 0.25) is 0 Å². The molecule has 7 heteroatoms. The van der Waals surface area contributed by atoms with Crippen molar-refractivity contribution in [3.8, 4) is 22.9 Å². The molecule has 228 valence electrons. The molecule has 42 heavy (non-hydrogen) atoms. The van der Waals surface area contributed by atoms with Crippen molar-refractivity contribution in [3.05, 3.63) is 65.2 Å². The zero-order valence-electron chi connectivity index (χ0n) is 26.2. The Kier molecular flexibility index (Phi) is 12.4. The molecule has 0 N–H and O–H groups in total. The van der Waals surface area contributed by atoms with E-state index >= 15 is 0 Å². The predicted octanol–water partition coefficient (Wildman–Crippen LogP) is 8.01. The second-order valence-electron chi connectivity index (χ2n) is 11.1. The Morgan fingerprint density at radius 1 is 0.857 bits per heavy atom. The molecule has 1 heterocycles. The molecule has 0 radical (unpaired) electrons. The molecule has 1 unspecified atom stereocenters. The summed E-state index contributed by atoms with van der Waals surface area (Å²) in [6.45, 7) is 19.5. The molecule has 0 bridgehead atoms. The largest absolute Gasteiger partial charge is 0.493 e. The van der Waals surface area contributed by atoms with Crippen LogP contribution in [0.3, 0.4) is 0 Å². The van der Waals surface area contributed by atoms with Gasteiger partial charge in [-0.15, -0.1) is 0 Å². The Labute approximate surface area is 258 Å².